The van der Waals surface area contributed by atoms with Gasteiger partial charge in [-0.2, -0.15) is 0 Å². The molecule has 3 aromatic rings. The minimum absolute atomic E-state index is 0.0447. The van der Waals surface area contributed by atoms with Gasteiger partial charge in [0.1, 0.15) is 27.8 Å². The molecule has 0 unspecified atom stereocenters. The number of aryl methyl sites for hydroxylation is 1. The molecule has 0 aliphatic carbocycles. The number of rotatable bonds is 8. The third-order valence-corrected chi connectivity index (χ3v) is 9.48. The van der Waals surface area contributed by atoms with Crippen molar-refractivity contribution in [2.75, 3.05) is 49.6 Å². The number of piperidine rings is 1. The molecule has 0 spiro atoms. The van der Waals surface area contributed by atoms with Crippen molar-refractivity contribution in [2.45, 2.75) is 38.8 Å². The molecular weight excluding hydrogens is 577 g/mol. The maximum Gasteiger partial charge on any atom is 0.348 e. The number of aromatic amines is 1. The number of ketones is 1. The number of anilines is 2. The van der Waals surface area contributed by atoms with Crippen molar-refractivity contribution in [1.29, 1.82) is 0 Å². The van der Waals surface area contributed by atoms with E-state index in [1.165, 1.54) is 0 Å². The first-order valence-electron chi connectivity index (χ1n) is 13.1. The number of Topliss-reactive ketones (excluding diaryl/α,β-unsaturated/α-hetero) is 1. The predicted octanol–water partition coefficient (Wildman–Crippen LogP) is 4.15. The second-order valence-corrected chi connectivity index (χ2v) is 11.9. The number of hydrogen-bond donors (Lipinski definition) is 3. The molecule has 0 aromatic carbocycles. The maximum absolute atomic E-state index is 13.0. The van der Waals surface area contributed by atoms with Crippen molar-refractivity contribution >= 4 is 57.2 Å². The van der Waals surface area contributed by atoms with Crippen LogP contribution in [0.3, 0.4) is 0 Å². The zero-order valence-electron chi connectivity index (χ0n) is 22.4. The minimum atomic E-state index is -1.07. The zero-order chi connectivity index (χ0) is 28.6. The van der Waals surface area contributed by atoms with Crippen molar-refractivity contribution in [3.05, 3.63) is 38.7 Å². The molecule has 2 fully saturated rings. The highest BCUT2D eigenvalue weighted by Gasteiger charge is 2.34. The molecule has 0 amide bonds. The van der Waals surface area contributed by atoms with Crippen molar-refractivity contribution < 1.29 is 19.4 Å². The van der Waals surface area contributed by atoms with E-state index in [1.807, 2.05) is 4.90 Å². The number of carboxylic acid groups (broad SMARTS) is 1. The van der Waals surface area contributed by atoms with Crippen LogP contribution in [0.5, 0.6) is 0 Å². The summed E-state index contributed by atoms with van der Waals surface area (Å²) in [4.78, 5) is 46.1. The normalized spacial score (nSPS) is 21.6. The molecule has 2 aliphatic heterocycles. The van der Waals surface area contributed by atoms with Crippen molar-refractivity contribution in [3.8, 4) is 11.4 Å². The number of ether oxygens (including phenoxy) is 1. The number of methoxy groups -OCH3 is 1. The maximum atomic E-state index is 13.0. The van der Waals surface area contributed by atoms with E-state index in [0.29, 0.717) is 58.5 Å². The largest absolute Gasteiger partial charge is 0.477 e. The van der Waals surface area contributed by atoms with Gasteiger partial charge in [-0.25, -0.2) is 19.7 Å². The molecule has 2 aliphatic rings. The Labute approximate surface area is 245 Å². The highest BCUT2D eigenvalue weighted by Crippen LogP contribution is 2.36. The Balaban J connectivity index is 1.31. The molecule has 214 valence electrons. The zero-order valence-corrected chi connectivity index (χ0v) is 24.7. The van der Waals surface area contributed by atoms with E-state index in [0.717, 1.165) is 36.8 Å². The number of aromatic nitrogens is 4. The van der Waals surface area contributed by atoms with Crippen LogP contribution in [-0.2, 0) is 4.74 Å². The van der Waals surface area contributed by atoms with Gasteiger partial charge in [-0.3, -0.25) is 4.79 Å². The Morgan fingerprint density at radius 1 is 1.18 bits per heavy atom. The summed E-state index contributed by atoms with van der Waals surface area (Å²) < 4.78 is 5.76. The Kier molecular flexibility index (Phi) is 8.62. The molecule has 3 atom stereocenters. The van der Waals surface area contributed by atoms with Crippen LogP contribution in [0.4, 0.5) is 10.9 Å². The quantitative estimate of drug-likeness (QED) is 0.320. The number of carbonyl (C=O) groups excluding carboxylic acids is 1. The van der Waals surface area contributed by atoms with Crippen LogP contribution in [0.2, 0.25) is 10.0 Å². The number of H-pyrrole nitrogens is 1. The summed E-state index contributed by atoms with van der Waals surface area (Å²) in [6, 6.07) is 0.349. The fourth-order valence-corrected chi connectivity index (χ4v) is 6.64. The average molecular weight is 609 g/mol. The molecule has 5 rings (SSSR count). The van der Waals surface area contributed by atoms with Crippen LogP contribution in [0, 0.1) is 12.8 Å². The van der Waals surface area contributed by atoms with Crippen molar-refractivity contribution in [1.82, 2.24) is 25.3 Å². The molecular formula is C26H31Cl2N7O4S. The van der Waals surface area contributed by atoms with Gasteiger partial charge in [0, 0.05) is 58.0 Å². The lowest BCUT2D eigenvalue weighted by molar-refractivity contribution is 0.0375. The van der Waals surface area contributed by atoms with E-state index >= 15 is 0 Å². The monoisotopic (exact) mass is 607 g/mol. The number of nitrogens with zero attached hydrogens (tertiary/aromatic N) is 5. The lowest BCUT2D eigenvalue weighted by Crippen LogP contribution is -2.49. The Bertz CT molecular complexity index is 1400. The molecule has 5 heterocycles. The van der Waals surface area contributed by atoms with E-state index in [-0.39, 0.29) is 34.1 Å². The van der Waals surface area contributed by atoms with Gasteiger partial charge in [0.2, 0.25) is 0 Å². The van der Waals surface area contributed by atoms with E-state index in [2.05, 4.69) is 37.1 Å². The van der Waals surface area contributed by atoms with Gasteiger partial charge in [0.15, 0.2) is 10.9 Å². The summed E-state index contributed by atoms with van der Waals surface area (Å²) >= 11 is 13.5. The van der Waals surface area contributed by atoms with Gasteiger partial charge in [-0.05, 0) is 26.2 Å². The molecule has 14 heteroatoms. The fraction of sp³-hybridized carbons (Fsp3) is 0.500. The number of nitrogens with one attached hydrogen (secondary N) is 2. The smallest absolute Gasteiger partial charge is 0.348 e. The van der Waals surface area contributed by atoms with E-state index in [4.69, 9.17) is 27.9 Å². The summed E-state index contributed by atoms with van der Waals surface area (Å²) in [5, 5.41) is 14.5. The van der Waals surface area contributed by atoms with Crippen LogP contribution in [0.25, 0.3) is 11.4 Å². The van der Waals surface area contributed by atoms with E-state index in [9.17, 15) is 14.7 Å². The van der Waals surface area contributed by atoms with Gasteiger partial charge in [-0.15, -0.1) is 0 Å². The van der Waals surface area contributed by atoms with Gasteiger partial charge in [0.25, 0.3) is 0 Å². The topological polar surface area (TPSA) is 137 Å². The van der Waals surface area contributed by atoms with Gasteiger partial charge >= 0.3 is 5.97 Å². The summed E-state index contributed by atoms with van der Waals surface area (Å²) in [7, 11) is 1.61. The Hall–Kier alpha value is -2.77. The summed E-state index contributed by atoms with van der Waals surface area (Å²) in [6.07, 6.45) is 3.91. The minimum Gasteiger partial charge on any atom is -0.477 e. The first-order chi connectivity index (χ1) is 19.2. The lowest BCUT2D eigenvalue weighted by Gasteiger charge is -2.37. The number of thiazole rings is 1. The molecule has 0 bridgehead atoms. The summed E-state index contributed by atoms with van der Waals surface area (Å²) in [5.41, 5.74) is 1.67. The predicted molar refractivity (Wildman–Crippen MR) is 155 cm³/mol. The van der Waals surface area contributed by atoms with Gasteiger partial charge in [-0.1, -0.05) is 34.5 Å². The third kappa shape index (κ3) is 5.82. The number of aromatic carboxylic acids is 1. The van der Waals surface area contributed by atoms with E-state index in [1.54, 1.807) is 26.4 Å². The van der Waals surface area contributed by atoms with Gasteiger partial charge in [0.05, 0.1) is 28.5 Å². The van der Waals surface area contributed by atoms with E-state index < -0.39 is 5.97 Å². The number of halogens is 2. The number of hydrogen-bond acceptors (Lipinski definition) is 10. The van der Waals surface area contributed by atoms with Gasteiger partial charge < -0.3 is 29.9 Å². The number of carbonyl (C=O) groups is 2. The molecule has 0 radical (unpaired) electrons. The highest BCUT2D eigenvalue weighted by molar-refractivity contribution is 7.17. The highest BCUT2D eigenvalue weighted by atomic mass is 35.5. The van der Waals surface area contributed by atoms with Crippen LogP contribution in [0.15, 0.2) is 12.4 Å². The second-order valence-electron chi connectivity index (χ2n) is 10.2. The molecule has 2 saturated heterocycles. The van der Waals surface area contributed by atoms with Crippen molar-refractivity contribution in [2.24, 2.45) is 5.92 Å². The fourth-order valence-electron chi connectivity index (χ4n) is 5.25. The molecule has 3 N–H and O–H groups in total. The summed E-state index contributed by atoms with van der Waals surface area (Å²) in [6.45, 7) is 7.45. The molecule has 0 saturated carbocycles. The standard InChI is InChI=1S/C26H31Cl2N7O4S/c1-13-11-34(7-5-29-13)19-10-30-16(9-31-19)22-24(25(37)38)40-26(33-22)35-6-4-15(18(12-35)39-3)8-17(36)23-21(28)20(27)14(2)32-23/h9-10,13,15,18,29,32H,4-8,11-12H2,1-3H3,(H,37,38)/t13-,15+,18+/m1/s1. The summed E-state index contributed by atoms with van der Waals surface area (Å²) in [5.74, 6) is -0.484. The van der Waals surface area contributed by atoms with Crippen LogP contribution in [-0.4, -0.2) is 88.8 Å². The Morgan fingerprint density at radius 3 is 2.60 bits per heavy atom. The number of piperazine rings is 1. The molecule has 3 aromatic heterocycles. The third-order valence-electron chi connectivity index (χ3n) is 7.43. The SMILES string of the molecule is CO[C@H]1CN(c2nc(-c3cnc(N4CCN[C@H](C)C4)cn3)c(C(=O)O)s2)CC[C@H]1CC(=O)c1[nH]c(C)c(Cl)c1Cl. The van der Waals surface area contributed by atoms with Crippen LogP contribution >= 0.6 is 34.5 Å². The molecule has 40 heavy (non-hydrogen) atoms. The average Bonchev–Trinajstić information content (AvgIpc) is 3.51. The second kappa shape index (κ2) is 12.0. The lowest BCUT2D eigenvalue weighted by atomic mass is 9.88. The first kappa shape index (κ1) is 28.7. The number of carboxylic acids is 1. The van der Waals surface area contributed by atoms with Crippen molar-refractivity contribution in [3.63, 3.8) is 0 Å². The first-order valence-corrected chi connectivity index (χ1v) is 14.6. The van der Waals surface area contributed by atoms with Crippen LogP contribution in [0.1, 0.15) is 45.6 Å². The van der Waals surface area contributed by atoms with Crippen LogP contribution < -0.4 is 15.1 Å². The molecule has 11 nitrogen and oxygen atoms in total. The Morgan fingerprint density at radius 2 is 1.98 bits per heavy atom.